The number of urea groups is 1. The minimum Gasteiger partial charge on any atom is -0.333 e. The van der Waals surface area contributed by atoms with E-state index >= 15 is 0 Å². The third-order valence-corrected chi connectivity index (χ3v) is 3.42. The molecule has 0 aliphatic carbocycles. The van der Waals surface area contributed by atoms with E-state index < -0.39 is 0 Å². The first-order chi connectivity index (χ1) is 8.85. The molecule has 1 saturated heterocycles. The maximum Gasteiger partial charge on any atom is 0.317 e. The Morgan fingerprint density at radius 1 is 1.37 bits per heavy atom. The van der Waals surface area contributed by atoms with Crippen molar-refractivity contribution in [1.29, 1.82) is 0 Å². The second-order valence-electron chi connectivity index (χ2n) is 6.36. The third kappa shape index (κ3) is 3.72. The summed E-state index contributed by atoms with van der Waals surface area (Å²) < 4.78 is 1.84. The number of likely N-dealkylation sites (tertiary alicyclic amines) is 1. The SMILES string of the molecule is Cn1ccc(C2CCN(C(=O)NC(C)(C)C)CC2)n1. The van der Waals surface area contributed by atoms with Crippen LogP contribution in [0, 0.1) is 0 Å². The standard InChI is InChI=1S/C14H24N4O/c1-14(2,3)15-13(19)18-9-5-11(6-10-18)12-7-8-17(4)16-12/h7-8,11H,5-6,9-10H2,1-4H3,(H,15,19). The first kappa shape index (κ1) is 13.9. The minimum atomic E-state index is -0.172. The van der Waals surface area contributed by atoms with Gasteiger partial charge in [-0.25, -0.2) is 4.79 Å². The van der Waals surface area contributed by atoms with E-state index in [-0.39, 0.29) is 11.6 Å². The number of nitrogens with zero attached hydrogens (tertiary/aromatic N) is 3. The van der Waals surface area contributed by atoms with Gasteiger partial charge in [0, 0.05) is 37.8 Å². The van der Waals surface area contributed by atoms with Crippen molar-refractivity contribution in [2.45, 2.75) is 45.1 Å². The molecule has 0 aromatic carbocycles. The summed E-state index contributed by atoms with van der Waals surface area (Å²) >= 11 is 0. The van der Waals surface area contributed by atoms with Crippen molar-refractivity contribution < 1.29 is 4.79 Å². The van der Waals surface area contributed by atoms with Gasteiger partial charge in [-0.3, -0.25) is 4.68 Å². The van der Waals surface area contributed by atoms with Crippen LogP contribution in [0.2, 0.25) is 0 Å². The zero-order valence-electron chi connectivity index (χ0n) is 12.3. The lowest BCUT2D eigenvalue weighted by Gasteiger charge is -2.33. The molecule has 106 valence electrons. The van der Waals surface area contributed by atoms with Crippen molar-refractivity contribution in [1.82, 2.24) is 20.0 Å². The van der Waals surface area contributed by atoms with Crippen LogP contribution in [0.1, 0.15) is 45.2 Å². The number of hydrogen-bond acceptors (Lipinski definition) is 2. The minimum absolute atomic E-state index is 0.0481. The zero-order valence-corrected chi connectivity index (χ0v) is 12.3. The normalized spacial score (nSPS) is 17.6. The lowest BCUT2D eigenvalue weighted by molar-refractivity contribution is 0.172. The molecule has 1 fully saturated rings. The fraction of sp³-hybridized carbons (Fsp3) is 0.714. The molecular weight excluding hydrogens is 240 g/mol. The number of carbonyl (C=O) groups excluding carboxylic acids is 1. The molecule has 1 N–H and O–H groups in total. The first-order valence-electron chi connectivity index (χ1n) is 6.92. The number of nitrogens with one attached hydrogen (secondary N) is 1. The summed E-state index contributed by atoms with van der Waals surface area (Å²) in [4.78, 5) is 14.0. The summed E-state index contributed by atoms with van der Waals surface area (Å²) in [6.07, 6.45) is 3.97. The average Bonchev–Trinajstić information content (AvgIpc) is 2.74. The maximum atomic E-state index is 12.1. The highest BCUT2D eigenvalue weighted by molar-refractivity contribution is 5.75. The fourth-order valence-electron chi connectivity index (χ4n) is 2.43. The van der Waals surface area contributed by atoms with Crippen molar-refractivity contribution >= 4 is 6.03 Å². The molecule has 0 spiro atoms. The van der Waals surface area contributed by atoms with Gasteiger partial charge in [-0.05, 0) is 39.7 Å². The molecule has 2 heterocycles. The lowest BCUT2D eigenvalue weighted by atomic mass is 9.94. The smallest absolute Gasteiger partial charge is 0.317 e. The highest BCUT2D eigenvalue weighted by Crippen LogP contribution is 2.26. The van der Waals surface area contributed by atoms with Crippen molar-refractivity contribution in [2.75, 3.05) is 13.1 Å². The number of hydrogen-bond donors (Lipinski definition) is 1. The molecule has 2 amide bonds. The Bertz CT molecular complexity index is 439. The molecule has 0 bridgehead atoms. The van der Waals surface area contributed by atoms with Crippen LogP contribution < -0.4 is 5.32 Å². The van der Waals surface area contributed by atoms with Crippen LogP contribution in [0.15, 0.2) is 12.3 Å². The summed E-state index contributed by atoms with van der Waals surface area (Å²) in [5, 5.41) is 7.48. The average molecular weight is 264 g/mol. The highest BCUT2D eigenvalue weighted by Gasteiger charge is 2.26. The molecule has 0 atom stereocenters. The molecule has 1 aromatic rings. The third-order valence-electron chi connectivity index (χ3n) is 3.42. The Balaban J connectivity index is 1.87. The van der Waals surface area contributed by atoms with Crippen LogP contribution in [0.4, 0.5) is 4.79 Å². The Hall–Kier alpha value is -1.52. The molecule has 0 unspecified atom stereocenters. The summed E-state index contributed by atoms with van der Waals surface area (Å²) in [5.41, 5.74) is 0.980. The Labute approximate surface area is 115 Å². The lowest BCUT2D eigenvalue weighted by Crippen LogP contribution is -2.50. The summed E-state index contributed by atoms with van der Waals surface area (Å²) in [6, 6.07) is 2.13. The largest absolute Gasteiger partial charge is 0.333 e. The Morgan fingerprint density at radius 3 is 2.47 bits per heavy atom. The maximum absolute atomic E-state index is 12.1. The molecule has 5 heteroatoms. The van der Waals surface area contributed by atoms with E-state index in [0.717, 1.165) is 31.6 Å². The first-order valence-corrected chi connectivity index (χ1v) is 6.92. The monoisotopic (exact) mass is 264 g/mol. The van der Waals surface area contributed by atoms with Crippen LogP contribution in [0.5, 0.6) is 0 Å². The Morgan fingerprint density at radius 2 is 2.00 bits per heavy atom. The van der Waals surface area contributed by atoms with Crippen molar-refractivity contribution in [3.05, 3.63) is 18.0 Å². The molecule has 2 rings (SSSR count). The van der Waals surface area contributed by atoms with Gasteiger partial charge in [0.1, 0.15) is 0 Å². The van der Waals surface area contributed by atoms with E-state index in [1.54, 1.807) is 0 Å². The van der Waals surface area contributed by atoms with Crippen LogP contribution in [0.25, 0.3) is 0 Å². The molecule has 1 aliphatic heterocycles. The summed E-state index contributed by atoms with van der Waals surface area (Å²) in [7, 11) is 1.94. The van der Waals surface area contributed by atoms with Gasteiger partial charge in [-0.15, -0.1) is 0 Å². The van der Waals surface area contributed by atoms with Gasteiger partial charge in [0.15, 0.2) is 0 Å². The van der Waals surface area contributed by atoms with E-state index in [0.29, 0.717) is 5.92 Å². The van der Waals surface area contributed by atoms with Crippen LogP contribution in [-0.2, 0) is 7.05 Å². The van der Waals surface area contributed by atoms with Gasteiger partial charge < -0.3 is 10.2 Å². The number of aryl methyl sites for hydroxylation is 1. The van der Waals surface area contributed by atoms with Gasteiger partial charge >= 0.3 is 6.03 Å². The van der Waals surface area contributed by atoms with E-state index in [4.69, 9.17) is 0 Å². The topological polar surface area (TPSA) is 50.2 Å². The van der Waals surface area contributed by atoms with Crippen molar-refractivity contribution in [3.63, 3.8) is 0 Å². The quantitative estimate of drug-likeness (QED) is 0.844. The van der Waals surface area contributed by atoms with Gasteiger partial charge in [0.2, 0.25) is 0 Å². The van der Waals surface area contributed by atoms with Crippen LogP contribution in [0.3, 0.4) is 0 Å². The van der Waals surface area contributed by atoms with Gasteiger partial charge in [0.25, 0.3) is 0 Å². The van der Waals surface area contributed by atoms with Gasteiger partial charge in [0.05, 0.1) is 5.69 Å². The van der Waals surface area contributed by atoms with E-state index in [9.17, 15) is 4.79 Å². The van der Waals surface area contributed by atoms with Crippen LogP contribution >= 0.6 is 0 Å². The number of piperidine rings is 1. The summed E-state index contributed by atoms with van der Waals surface area (Å²) in [6.45, 7) is 7.63. The fourth-order valence-corrected chi connectivity index (χ4v) is 2.43. The van der Waals surface area contributed by atoms with Crippen molar-refractivity contribution in [3.8, 4) is 0 Å². The van der Waals surface area contributed by atoms with E-state index in [1.165, 1.54) is 0 Å². The number of amides is 2. The van der Waals surface area contributed by atoms with Gasteiger partial charge in [-0.2, -0.15) is 5.10 Å². The second kappa shape index (κ2) is 5.23. The molecule has 0 radical (unpaired) electrons. The summed E-state index contributed by atoms with van der Waals surface area (Å²) in [5.74, 6) is 0.486. The predicted octanol–water partition coefficient (Wildman–Crippen LogP) is 2.11. The molecular formula is C14H24N4O. The molecule has 5 nitrogen and oxygen atoms in total. The molecule has 0 saturated carbocycles. The van der Waals surface area contributed by atoms with Crippen molar-refractivity contribution in [2.24, 2.45) is 7.05 Å². The van der Waals surface area contributed by atoms with E-state index in [2.05, 4.69) is 16.5 Å². The predicted molar refractivity (Wildman–Crippen MR) is 75.0 cm³/mol. The molecule has 1 aromatic heterocycles. The van der Waals surface area contributed by atoms with Crippen LogP contribution in [-0.4, -0.2) is 39.3 Å². The second-order valence-corrected chi connectivity index (χ2v) is 6.36. The Kier molecular flexibility index (Phi) is 3.83. The molecule has 1 aliphatic rings. The van der Waals surface area contributed by atoms with E-state index in [1.807, 2.05) is 43.6 Å². The zero-order chi connectivity index (χ0) is 14.0. The number of rotatable bonds is 1. The van der Waals surface area contributed by atoms with Gasteiger partial charge in [-0.1, -0.05) is 0 Å². The highest BCUT2D eigenvalue weighted by atomic mass is 16.2. The molecule has 19 heavy (non-hydrogen) atoms. The number of aromatic nitrogens is 2. The number of carbonyl (C=O) groups is 1.